The first kappa shape index (κ1) is 15.0. The maximum absolute atomic E-state index is 11.7. The molecular weight excluding hydrogens is 284 g/mol. The van der Waals surface area contributed by atoms with Gasteiger partial charge in [0.05, 0.1) is 17.7 Å². The van der Waals surface area contributed by atoms with Gasteiger partial charge in [-0.1, -0.05) is 12.1 Å². The highest BCUT2D eigenvalue weighted by atomic mass is 32.1. The molecule has 1 aromatic carbocycles. The fourth-order valence-electron chi connectivity index (χ4n) is 1.72. The quantitative estimate of drug-likeness (QED) is 0.833. The maximum Gasteiger partial charge on any atom is 0.244 e. The molecule has 0 aliphatic carbocycles. The number of nitrogens with one attached hydrogen (secondary N) is 1. The van der Waals surface area contributed by atoms with E-state index >= 15 is 0 Å². The van der Waals surface area contributed by atoms with Crippen molar-refractivity contribution >= 4 is 23.3 Å². The lowest BCUT2D eigenvalue weighted by Gasteiger charge is -2.08. The van der Waals surface area contributed by atoms with E-state index < -0.39 is 6.10 Å². The number of carbonyl (C=O) groups is 1. The van der Waals surface area contributed by atoms with Gasteiger partial charge in [0.1, 0.15) is 0 Å². The van der Waals surface area contributed by atoms with Gasteiger partial charge in [-0.15, -0.1) is 0 Å². The van der Waals surface area contributed by atoms with Gasteiger partial charge in [-0.25, -0.2) is 0 Å². The molecule has 1 aromatic heterocycles. The molecule has 21 heavy (non-hydrogen) atoms. The first-order chi connectivity index (χ1) is 10.2. The number of amides is 1. The third-order valence-electron chi connectivity index (χ3n) is 2.84. The van der Waals surface area contributed by atoms with Crippen LogP contribution < -0.4 is 5.32 Å². The van der Waals surface area contributed by atoms with E-state index in [1.807, 2.05) is 29.0 Å². The van der Waals surface area contributed by atoms with Crippen molar-refractivity contribution < 1.29 is 9.90 Å². The Morgan fingerprint density at radius 1 is 1.48 bits per heavy atom. The molecular formula is C16H14N2O2S. The fraction of sp³-hybridized carbons (Fsp3) is 0.125. The second kappa shape index (κ2) is 7.39. The molecule has 1 heterocycles. The van der Waals surface area contributed by atoms with Crippen LogP contribution in [0.1, 0.15) is 22.8 Å². The van der Waals surface area contributed by atoms with E-state index in [0.717, 1.165) is 11.1 Å². The number of hydrogen-bond acceptors (Lipinski definition) is 4. The molecule has 0 aliphatic rings. The van der Waals surface area contributed by atoms with Gasteiger partial charge in [0.25, 0.3) is 0 Å². The number of carbonyl (C=O) groups excluding carboxylic acids is 1. The SMILES string of the molecule is N#Cc1cccc(/C=C/C(=O)NCC(O)c2ccsc2)c1. The van der Waals surface area contributed by atoms with E-state index in [-0.39, 0.29) is 12.5 Å². The number of aliphatic hydroxyl groups is 1. The van der Waals surface area contributed by atoms with Crippen LogP contribution in [-0.2, 0) is 4.79 Å². The van der Waals surface area contributed by atoms with E-state index in [0.29, 0.717) is 5.56 Å². The van der Waals surface area contributed by atoms with Gasteiger partial charge >= 0.3 is 0 Å². The van der Waals surface area contributed by atoms with Gasteiger partial charge in [0, 0.05) is 12.6 Å². The predicted octanol–water partition coefficient (Wildman–Crippen LogP) is 2.48. The second-order valence-electron chi connectivity index (χ2n) is 4.39. The van der Waals surface area contributed by atoms with E-state index in [2.05, 4.69) is 5.32 Å². The summed E-state index contributed by atoms with van der Waals surface area (Å²) in [6, 6.07) is 10.8. The Labute approximate surface area is 127 Å². The van der Waals surface area contributed by atoms with Crippen LogP contribution in [0.3, 0.4) is 0 Å². The van der Waals surface area contributed by atoms with Crippen molar-refractivity contribution in [2.75, 3.05) is 6.54 Å². The number of benzene rings is 1. The number of nitrogens with zero attached hydrogens (tertiary/aromatic N) is 1. The van der Waals surface area contributed by atoms with Crippen LogP contribution in [0.4, 0.5) is 0 Å². The molecule has 1 unspecified atom stereocenters. The normalized spacial score (nSPS) is 12.0. The van der Waals surface area contributed by atoms with Crippen LogP contribution in [0.2, 0.25) is 0 Å². The Balaban J connectivity index is 1.86. The molecule has 0 aliphatic heterocycles. The molecule has 0 saturated heterocycles. The van der Waals surface area contributed by atoms with E-state index in [1.54, 1.807) is 24.3 Å². The first-order valence-electron chi connectivity index (χ1n) is 6.35. The summed E-state index contributed by atoms with van der Waals surface area (Å²) in [7, 11) is 0. The molecule has 0 radical (unpaired) electrons. The van der Waals surface area contributed by atoms with Gasteiger partial charge < -0.3 is 10.4 Å². The minimum absolute atomic E-state index is 0.165. The standard InChI is InChI=1S/C16H14N2O2S/c17-9-13-3-1-2-12(8-13)4-5-16(20)18-10-15(19)14-6-7-21-11-14/h1-8,11,15,19H,10H2,(H,18,20)/b5-4+. The summed E-state index contributed by atoms with van der Waals surface area (Å²) in [5, 5.41) is 25.0. The van der Waals surface area contributed by atoms with Gasteiger partial charge in [-0.2, -0.15) is 16.6 Å². The molecule has 0 saturated carbocycles. The van der Waals surface area contributed by atoms with Crippen LogP contribution in [0, 0.1) is 11.3 Å². The molecule has 4 nitrogen and oxygen atoms in total. The Morgan fingerprint density at radius 2 is 2.33 bits per heavy atom. The Morgan fingerprint density at radius 3 is 3.05 bits per heavy atom. The largest absolute Gasteiger partial charge is 0.387 e. The van der Waals surface area contributed by atoms with Crippen molar-refractivity contribution in [3.8, 4) is 6.07 Å². The summed E-state index contributed by atoms with van der Waals surface area (Å²) in [5.41, 5.74) is 2.12. The molecule has 2 aromatic rings. The van der Waals surface area contributed by atoms with E-state index in [1.165, 1.54) is 17.4 Å². The van der Waals surface area contributed by atoms with E-state index in [4.69, 9.17) is 5.26 Å². The molecule has 0 bridgehead atoms. The molecule has 1 atom stereocenters. The Kier molecular flexibility index (Phi) is 5.27. The highest BCUT2D eigenvalue weighted by Gasteiger charge is 2.08. The summed E-state index contributed by atoms with van der Waals surface area (Å²) < 4.78 is 0. The summed E-state index contributed by atoms with van der Waals surface area (Å²) in [6.45, 7) is 0.165. The number of nitriles is 1. The molecule has 5 heteroatoms. The molecule has 0 spiro atoms. The monoisotopic (exact) mass is 298 g/mol. The average molecular weight is 298 g/mol. The smallest absolute Gasteiger partial charge is 0.244 e. The summed E-state index contributed by atoms with van der Waals surface area (Å²) >= 11 is 1.50. The van der Waals surface area contributed by atoms with Crippen molar-refractivity contribution in [2.45, 2.75) is 6.10 Å². The Hall–Kier alpha value is -2.42. The molecule has 0 fully saturated rings. The van der Waals surface area contributed by atoms with Gasteiger partial charge in [0.2, 0.25) is 5.91 Å². The lowest BCUT2D eigenvalue weighted by atomic mass is 10.1. The number of thiophene rings is 1. The highest BCUT2D eigenvalue weighted by molar-refractivity contribution is 7.07. The zero-order valence-corrected chi connectivity index (χ0v) is 12.0. The molecule has 2 N–H and O–H groups in total. The minimum atomic E-state index is -0.699. The molecule has 106 valence electrons. The van der Waals surface area contributed by atoms with Crippen molar-refractivity contribution in [1.82, 2.24) is 5.32 Å². The predicted molar refractivity (Wildman–Crippen MR) is 82.5 cm³/mol. The lowest BCUT2D eigenvalue weighted by molar-refractivity contribution is -0.116. The molecule has 2 rings (SSSR count). The molecule has 1 amide bonds. The third-order valence-corrected chi connectivity index (χ3v) is 3.54. The summed E-state index contributed by atoms with van der Waals surface area (Å²) in [5.74, 6) is -0.286. The number of aliphatic hydroxyl groups excluding tert-OH is 1. The zero-order chi connectivity index (χ0) is 15.1. The van der Waals surface area contributed by atoms with Crippen molar-refractivity contribution in [3.05, 3.63) is 63.9 Å². The van der Waals surface area contributed by atoms with Crippen LogP contribution in [-0.4, -0.2) is 17.6 Å². The highest BCUT2D eigenvalue weighted by Crippen LogP contribution is 2.15. The van der Waals surface area contributed by atoms with Crippen molar-refractivity contribution in [1.29, 1.82) is 5.26 Å². The summed E-state index contributed by atoms with van der Waals surface area (Å²) in [4.78, 5) is 11.7. The third kappa shape index (κ3) is 4.56. The summed E-state index contributed by atoms with van der Waals surface area (Å²) in [6.07, 6.45) is 2.32. The van der Waals surface area contributed by atoms with E-state index in [9.17, 15) is 9.90 Å². The maximum atomic E-state index is 11.7. The van der Waals surface area contributed by atoms with Crippen molar-refractivity contribution in [2.24, 2.45) is 0 Å². The van der Waals surface area contributed by atoms with Gasteiger partial charge in [-0.3, -0.25) is 4.79 Å². The lowest BCUT2D eigenvalue weighted by Crippen LogP contribution is -2.26. The first-order valence-corrected chi connectivity index (χ1v) is 7.29. The zero-order valence-electron chi connectivity index (χ0n) is 11.2. The van der Waals surface area contributed by atoms with Crippen LogP contribution in [0.5, 0.6) is 0 Å². The van der Waals surface area contributed by atoms with Gasteiger partial charge in [0.15, 0.2) is 0 Å². The van der Waals surface area contributed by atoms with Crippen molar-refractivity contribution in [3.63, 3.8) is 0 Å². The van der Waals surface area contributed by atoms with Crippen LogP contribution in [0.15, 0.2) is 47.2 Å². The Bertz CT molecular complexity index is 672. The topological polar surface area (TPSA) is 73.1 Å². The minimum Gasteiger partial charge on any atom is -0.387 e. The average Bonchev–Trinajstić information content (AvgIpc) is 3.05. The number of hydrogen-bond donors (Lipinski definition) is 2. The number of rotatable bonds is 5. The van der Waals surface area contributed by atoms with Gasteiger partial charge in [-0.05, 0) is 46.2 Å². The second-order valence-corrected chi connectivity index (χ2v) is 5.17. The van der Waals surface area contributed by atoms with Crippen LogP contribution >= 0.6 is 11.3 Å². The van der Waals surface area contributed by atoms with Crippen LogP contribution in [0.25, 0.3) is 6.08 Å². The fourth-order valence-corrected chi connectivity index (χ4v) is 2.43.